The summed E-state index contributed by atoms with van der Waals surface area (Å²) in [4.78, 5) is 36.5. The van der Waals surface area contributed by atoms with Crippen molar-refractivity contribution in [2.45, 2.75) is 62.6 Å². The molecule has 8 nitrogen and oxygen atoms in total. The van der Waals surface area contributed by atoms with Crippen LogP contribution in [0.25, 0.3) is 0 Å². The molecule has 1 spiro atoms. The molecule has 188 valence electrons. The number of rotatable bonds is 8. The highest BCUT2D eigenvalue weighted by atomic mass is 16.3. The second-order valence-corrected chi connectivity index (χ2v) is 10.8. The van der Waals surface area contributed by atoms with Crippen LogP contribution in [0, 0.1) is 5.92 Å². The summed E-state index contributed by atoms with van der Waals surface area (Å²) in [7, 11) is 4.34. The third-order valence-corrected chi connectivity index (χ3v) is 8.68. The van der Waals surface area contributed by atoms with E-state index in [0.717, 1.165) is 32.2 Å². The lowest BCUT2D eigenvalue weighted by molar-refractivity contribution is -0.121. The van der Waals surface area contributed by atoms with Crippen molar-refractivity contribution in [3.8, 4) is 0 Å². The molecule has 35 heavy (non-hydrogen) atoms. The largest absolute Gasteiger partial charge is 0.447 e. The average Bonchev–Trinajstić information content (AvgIpc) is 3.43. The van der Waals surface area contributed by atoms with E-state index >= 15 is 0 Å². The highest BCUT2D eigenvalue weighted by Gasteiger charge is 2.55. The van der Waals surface area contributed by atoms with E-state index in [4.69, 9.17) is 4.42 Å². The summed E-state index contributed by atoms with van der Waals surface area (Å²) < 4.78 is 5.20. The Morgan fingerprint density at radius 1 is 1.17 bits per heavy atom. The lowest BCUT2D eigenvalue weighted by atomic mass is 9.68. The van der Waals surface area contributed by atoms with Crippen LogP contribution in [0.5, 0.6) is 0 Å². The first kappa shape index (κ1) is 23.9. The molecule has 1 aromatic heterocycles. The first-order valence-corrected chi connectivity index (χ1v) is 12.9. The van der Waals surface area contributed by atoms with Crippen LogP contribution in [0.15, 0.2) is 47.3 Å². The summed E-state index contributed by atoms with van der Waals surface area (Å²) in [6.45, 7) is 1.79. The highest BCUT2D eigenvalue weighted by molar-refractivity contribution is 5.86. The predicted molar refractivity (Wildman–Crippen MR) is 132 cm³/mol. The van der Waals surface area contributed by atoms with Gasteiger partial charge in [0.25, 0.3) is 0 Å². The second-order valence-electron chi connectivity index (χ2n) is 10.8. The van der Waals surface area contributed by atoms with E-state index in [-0.39, 0.29) is 36.1 Å². The minimum atomic E-state index is -0.202. The number of hydrogen-bond acceptors (Lipinski definition) is 5. The normalized spacial score (nSPS) is 27.0. The molecule has 8 heteroatoms. The number of aromatic nitrogens is 1. The molecule has 1 N–H and O–H groups in total. The summed E-state index contributed by atoms with van der Waals surface area (Å²) in [5.41, 5.74) is 1.12. The van der Waals surface area contributed by atoms with Crippen molar-refractivity contribution in [1.82, 2.24) is 25.0 Å². The lowest BCUT2D eigenvalue weighted by Gasteiger charge is -2.51. The Bertz CT molecular complexity index is 1010. The molecule has 1 aromatic carbocycles. The van der Waals surface area contributed by atoms with Gasteiger partial charge in [-0.05, 0) is 64.1 Å². The van der Waals surface area contributed by atoms with E-state index in [0.29, 0.717) is 18.2 Å². The Morgan fingerprint density at radius 3 is 2.51 bits per heavy atom. The van der Waals surface area contributed by atoms with Gasteiger partial charge in [0, 0.05) is 18.6 Å². The van der Waals surface area contributed by atoms with E-state index in [2.05, 4.69) is 64.5 Å². The van der Waals surface area contributed by atoms with E-state index in [9.17, 15) is 9.59 Å². The number of urea groups is 1. The van der Waals surface area contributed by atoms with Crippen LogP contribution in [-0.2, 0) is 16.9 Å². The average molecular weight is 480 g/mol. The van der Waals surface area contributed by atoms with Gasteiger partial charge in [0.05, 0.1) is 18.3 Å². The molecular formula is C27H37N5O3. The van der Waals surface area contributed by atoms with Gasteiger partial charge in [-0.1, -0.05) is 36.8 Å². The molecular weight excluding hydrogens is 442 g/mol. The molecule has 2 saturated carbocycles. The number of carbonyl (C=O) groups is 2. The summed E-state index contributed by atoms with van der Waals surface area (Å²) in [5, 5.41) is 2.86. The maximum atomic E-state index is 13.6. The number of carbonyl (C=O) groups excluding carboxylic acids is 2. The molecule has 3 amide bonds. The van der Waals surface area contributed by atoms with Crippen molar-refractivity contribution in [3.05, 3.63) is 54.2 Å². The van der Waals surface area contributed by atoms with Gasteiger partial charge in [0.1, 0.15) is 12.3 Å². The smallest absolute Gasteiger partial charge is 0.321 e. The Morgan fingerprint density at radius 2 is 1.91 bits per heavy atom. The third-order valence-electron chi connectivity index (χ3n) is 8.68. The van der Waals surface area contributed by atoms with E-state index < -0.39 is 0 Å². The zero-order valence-corrected chi connectivity index (χ0v) is 20.9. The van der Waals surface area contributed by atoms with Gasteiger partial charge in [-0.2, -0.15) is 0 Å². The third kappa shape index (κ3) is 4.56. The summed E-state index contributed by atoms with van der Waals surface area (Å²) in [6, 6.07) is 10.8. The molecule has 0 bridgehead atoms. The first-order valence-electron chi connectivity index (χ1n) is 12.9. The first-order chi connectivity index (χ1) is 16.9. The van der Waals surface area contributed by atoms with Crippen molar-refractivity contribution in [2.75, 3.05) is 33.7 Å². The van der Waals surface area contributed by atoms with E-state index in [1.807, 2.05) is 0 Å². The van der Waals surface area contributed by atoms with Gasteiger partial charge in [0.15, 0.2) is 6.39 Å². The zero-order valence-electron chi connectivity index (χ0n) is 20.9. The fourth-order valence-corrected chi connectivity index (χ4v) is 6.25. The van der Waals surface area contributed by atoms with E-state index in [1.165, 1.54) is 31.2 Å². The topological polar surface area (TPSA) is 81.9 Å². The van der Waals surface area contributed by atoms with Gasteiger partial charge in [0.2, 0.25) is 5.91 Å². The molecule has 2 heterocycles. The molecule has 1 aliphatic heterocycles. The van der Waals surface area contributed by atoms with Gasteiger partial charge in [-0.25, -0.2) is 9.78 Å². The van der Waals surface area contributed by atoms with Crippen molar-refractivity contribution < 1.29 is 14.0 Å². The van der Waals surface area contributed by atoms with Crippen molar-refractivity contribution >= 4 is 11.9 Å². The van der Waals surface area contributed by atoms with Crippen LogP contribution in [0.2, 0.25) is 0 Å². The maximum Gasteiger partial charge on any atom is 0.321 e. The lowest BCUT2D eigenvalue weighted by Crippen LogP contribution is -2.56. The highest BCUT2D eigenvalue weighted by Crippen LogP contribution is 2.49. The van der Waals surface area contributed by atoms with Crippen LogP contribution in [0.4, 0.5) is 4.79 Å². The molecule has 0 radical (unpaired) electrons. The monoisotopic (exact) mass is 479 g/mol. The molecule has 1 saturated heterocycles. The molecule has 0 unspecified atom stereocenters. The van der Waals surface area contributed by atoms with Crippen LogP contribution in [0.3, 0.4) is 0 Å². The number of nitrogens with one attached hydrogen (secondary N) is 1. The van der Waals surface area contributed by atoms with Crippen molar-refractivity contribution in [2.24, 2.45) is 5.92 Å². The predicted octanol–water partition coefficient (Wildman–Crippen LogP) is 3.60. The Hall–Kier alpha value is -2.87. The number of nitrogens with zero attached hydrogens (tertiary/aromatic N) is 4. The van der Waals surface area contributed by atoms with Gasteiger partial charge >= 0.3 is 6.03 Å². The molecule has 3 fully saturated rings. The summed E-state index contributed by atoms with van der Waals surface area (Å²) in [6.07, 6.45) is 10.4. The van der Waals surface area contributed by atoms with Crippen LogP contribution < -0.4 is 5.32 Å². The number of hydrogen-bond donors (Lipinski definition) is 1. The molecule has 0 atom stereocenters. The Labute approximate surface area is 207 Å². The Kier molecular flexibility index (Phi) is 6.57. The SMILES string of the molecule is CN(C)[C@]1(c2ccccc2)CC[C@]2(CC1)CN(CC(=O)NCc1cnco1)C(=O)N2CC1CCC1. The maximum absolute atomic E-state index is 13.6. The van der Waals surface area contributed by atoms with Gasteiger partial charge in [-0.3, -0.25) is 9.69 Å². The number of oxazole rings is 1. The standard InChI is InChI=1S/C27H37N5O3/c1-30(2)27(22-9-4-3-5-10-22)13-11-26(12-14-27)19-31(25(34)32(26)17-21-7-6-8-21)18-24(33)29-16-23-15-28-20-35-23/h3-5,9-10,15,20-21H,6-8,11-14,16-19H2,1-2H3,(H,29,33)/t26-,27+. The van der Waals surface area contributed by atoms with Crippen molar-refractivity contribution in [1.29, 1.82) is 0 Å². The summed E-state index contributed by atoms with van der Waals surface area (Å²) in [5.74, 6) is 1.02. The molecule has 2 aliphatic carbocycles. The zero-order chi connectivity index (χ0) is 24.5. The summed E-state index contributed by atoms with van der Waals surface area (Å²) >= 11 is 0. The Balaban J connectivity index is 1.31. The van der Waals surface area contributed by atoms with Crippen LogP contribution in [-0.4, -0.2) is 70.9 Å². The quantitative estimate of drug-likeness (QED) is 0.626. The minimum Gasteiger partial charge on any atom is -0.447 e. The van der Waals surface area contributed by atoms with Crippen LogP contribution in [0.1, 0.15) is 56.3 Å². The fraction of sp³-hybridized carbons (Fsp3) is 0.593. The second kappa shape index (κ2) is 9.64. The number of amides is 3. The molecule has 3 aliphatic rings. The molecule has 2 aromatic rings. The van der Waals surface area contributed by atoms with Crippen LogP contribution >= 0.6 is 0 Å². The minimum absolute atomic E-state index is 0.0174. The van der Waals surface area contributed by atoms with Gasteiger partial charge < -0.3 is 19.5 Å². The number of benzene rings is 1. The fourth-order valence-electron chi connectivity index (χ4n) is 6.25. The molecule has 5 rings (SSSR count). The van der Waals surface area contributed by atoms with Gasteiger partial charge in [-0.15, -0.1) is 0 Å². The van der Waals surface area contributed by atoms with E-state index in [1.54, 1.807) is 11.1 Å². The van der Waals surface area contributed by atoms with Crippen molar-refractivity contribution in [3.63, 3.8) is 0 Å².